The number of carbonyl (C=O) groups is 2. The number of amides is 2. The Morgan fingerprint density at radius 1 is 1.17 bits per heavy atom. The van der Waals surface area contributed by atoms with Crippen LogP contribution in [-0.2, 0) is 19.9 Å². The summed E-state index contributed by atoms with van der Waals surface area (Å²) in [5.74, 6) is -1.88. The molecule has 62 valence electrons. The zero-order valence-corrected chi connectivity index (χ0v) is 7.13. The van der Waals surface area contributed by atoms with Crippen LogP contribution in [0.2, 0.25) is 0 Å². The van der Waals surface area contributed by atoms with Crippen LogP contribution in [-0.4, -0.2) is 29.1 Å². The third-order valence-corrected chi connectivity index (χ3v) is 2.08. The van der Waals surface area contributed by atoms with Gasteiger partial charge in [0.1, 0.15) is 0 Å². The summed E-state index contributed by atoms with van der Waals surface area (Å²) in [5.41, 5.74) is 0. The summed E-state index contributed by atoms with van der Waals surface area (Å²) >= 11 is 0. The van der Waals surface area contributed by atoms with Crippen molar-refractivity contribution in [2.45, 2.75) is 12.8 Å². The molecular weight excluding hydrogens is 181 g/mol. The largest absolute Gasteiger partial charge is 1.00 e. The second kappa shape index (κ2) is 3.58. The Bertz CT molecular complexity index is 293. The molecule has 12 heavy (non-hydrogen) atoms. The Morgan fingerprint density at radius 2 is 1.50 bits per heavy atom. The molecule has 0 saturated carbocycles. The molecule has 0 atom stereocenters. The third-order valence-electron chi connectivity index (χ3n) is 1.23. The molecule has 1 aliphatic rings. The molecule has 0 aromatic rings. The maximum Gasteiger partial charge on any atom is 1.00 e. The summed E-state index contributed by atoms with van der Waals surface area (Å²) in [6, 6.07) is 0. The molecule has 0 N–H and O–H groups in total. The summed E-state index contributed by atoms with van der Waals surface area (Å²) < 4.78 is 30.3. The van der Waals surface area contributed by atoms with Crippen LogP contribution in [0.25, 0.3) is 0 Å². The van der Waals surface area contributed by atoms with Gasteiger partial charge in [-0.15, -0.1) is 0 Å². The van der Waals surface area contributed by atoms with Gasteiger partial charge in [0, 0.05) is 12.8 Å². The van der Waals surface area contributed by atoms with E-state index in [1.54, 1.807) is 0 Å². The van der Waals surface area contributed by atoms with Crippen LogP contribution in [0.5, 0.6) is 0 Å². The predicted octanol–water partition coefficient (Wildman–Crippen LogP) is -4.40. The van der Waals surface area contributed by atoms with E-state index in [9.17, 15) is 22.6 Å². The van der Waals surface area contributed by atoms with Gasteiger partial charge >= 0.3 is 18.9 Å². The van der Waals surface area contributed by atoms with Gasteiger partial charge in [0.05, 0.1) is 0 Å². The molecule has 1 heterocycles. The zero-order valence-electron chi connectivity index (χ0n) is 6.31. The minimum atomic E-state index is -4.92. The minimum absolute atomic E-state index is 0. The number of rotatable bonds is 1. The van der Waals surface area contributed by atoms with Gasteiger partial charge in [-0.25, -0.2) is 8.42 Å². The summed E-state index contributed by atoms with van der Waals surface area (Å²) in [6.07, 6.45) is -0.388. The molecule has 0 aromatic carbocycles. The van der Waals surface area contributed by atoms with E-state index in [1.165, 1.54) is 0 Å². The van der Waals surface area contributed by atoms with Crippen LogP contribution in [0.3, 0.4) is 0 Å². The zero-order chi connectivity index (χ0) is 8.65. The van der Waals surface area contributed by atoms with Gasteiger partial charge in [-0.3, -0.25) is 9.59 Å². The average molecular weight is 185 g/mol. The van der Waals surface area contributed by atoms with Crippen LogP contribution in [0.15, 0.2) is 0 Å². The summed E-state index contributed by atoms with van der Waals surface area (Å²) in [4.78, 5) is 21.1. The van der Waals surface area contributed by atoms with Crippen molar-refractivity contribution < 1.29 is 41.4 Å². The van der Waals surface area contributed by atoms with Crippen molar-refractivity contribution in [1.29, 1.82) is 0 Å². The second-order valence-electron chi connectivity index (χ2n) is 2.01. The second-order valence-corrected chi connectivity index (χ2v) is 3.23. The normalized spacial score (nSPS) is 17.9. The Kier molecular flexibility index (Phi) is 3.47. The van der Waals surface area contributed by atoms with Crippen molar-refractivity contribution in [3.05, 3.63) is 0 Å². The number of hydrogen-bond acceptors (Lipinski definition) is 5. The molecule has 0 aliphatic carbocycles. The van der Waals surface area contributed by atoms with Gasteiger partial charge < -0.3 is 4.55 Å². The molecule has 1 saturated heterocycles. The van der Waals surface area contributed by atoms with Gasteiger partial charge in [-0.1, -0.05) is 0 Å². The molecule has 2 amide bonds. The van der Waals surface area contributed by atoms with Crippen molar-refractivity contribution in [2.75, 3.05) is 0 Å². The van der Waals surface area contributed by atoms with E-state index in [-0.39, 0.29) is 36.0 Å². The van der Waals surface area contributed by atoms with Crippen LogP contribution >= 0.6 is 0 Å². The number of nitrogens with zero attached hydrogens (tertiary/aromatic N) is 1. The first-order valence-corrected chi connectivity index (χ1v) is 4.11. The Labute approximate surface area is 81.0 Å². The quantitative estimate of drug-likeness (QED) is 0.233. The monoisotopic (exact) mass is 185 g/mol. The Morgan fingerprint density at radius 3 is 1.67 bits per heavy atom. The van der Waals surface area contributed by atoms with Crippen molar-refractivity contribution in [2.24, 2.45) is 0 Å². The minimum Gasteiger partial charge on any atom is -0.730 e. The van der Waals surface area contributed by atoms with Crippen molar-refractivity contribution in [3.63, 3.8) is 0 Å². The third kappa shape index (κ3) is 2.07. The molecule has 0 bridgehead atoms. The van der Waals surface area contributed by atoms with Gasteiger partial charge in [0.25, 0.3) is 0 Å². The first-order valence-electron chi connectivity index (χ1n) is 2.75. The van der Waals surface area contributed by atoms with Crippen molar-refractivity contribution in [1.82, 2.24) is 4.31 Å². The molecule has 8 heteroatoms. The first kappa shape index (κ1) is 11.6. The van der Waals surface area contributed by atoms with E-state index in [2.05, 4.69) is 0 Å². The molecule has 1 rings (SSSR count). The van der Waals surface area contributed by atoms with Crippen LogP contribution in [0, 0.1) is 0 Å². The van der Waals surface area contributed by atoms with Crippen molar-refractivity contribution >= 4 is 22.1 Å². The van der Waals surface area contributed by atoms with Gasteiger partial charge in [0.15, 0.2) is 10.3 Å². The fourth-order valence-corrected chi connectivity index (χ4v) is 1.49. The number of imide groups is 1. The summed E-state index contributed by atoms with van der Waals surface area (Å²) in [5, 5.41) is 0. The Hall–Kier alpha value is -0.353. The molecule has 0 unspecified atom stereocenters. The van der Waals surface area contributed by atoms with Gasteiger partial charge in [-0.2, -0.15) is 4.31 Å². The molecule has 0 aromatic heterocycles. The number of hydrogen-bond donors (Lipinski definition) is 0. The molecule has 0 spiro atoms. The van der Waals surface area contributed by atoms with Crippen LogP contribution in [0.4, 0.5) is 0 Å². The molecule has 0 radical (unpaired) electrons. The van der Waals surface area contributed by atoms with Gasteiger partial charge in [0.2, 0.25) is 11.8 Å². The van der Waals surface area contributed by atoms with E-state index in [4.69, 9.17) is 0 Å². The molecule has 1 fully saturated rings. The molecule has 1 aliphatic heterocycles. The topological polar surface area (TPSA) is 94.6 Å². The SMILES string of the molecule is O=C1CCC(=O)N1S(=O)(=O)[O-].[Li+]. The van der Waals surface area contributed by atoms with Crippen LogP contribution in [0.1, 0.15) is 12.8 Å². The average Bonchev–Trinajstić information content (AvgIpc) is 2.08. The maximum absolute atomic E-state index is 10.6. The standard InChI is InChI=1S/C4H5NO5S.Li/c6-3-1-2-4(7)5(3)11(8,9)10;/h1-2H2,(H,8,9,10);/q;+1/p-1. The maximum atomic E-state index is 10.6. The number of carbonyl (C=O) groups excluding carboxylic acids is 2. The Balaban J connectivity index is 0.00000121. The predicted molar refractivity (Wildman–Crippen MR) is 30.8 cm³/mol. The van der Waals surface area contributed by atoms with Crippen LogP contribution < -0.4 is 18.9 Å². The smallest absolute Gasteiger partial charge is 0.730 e. The summed E-state index contributed by atoms with van der Waals surface area (Å²) in [7, 11) is -4.92. The van der Waals surface area contributed by atoms with E-state index >= 15 is 0 Å². The van der Waals surface area contributed by atoms with Crippen molar-refractivity contribution in [3.8, 4) is 0 Å². The van der Waals surface area contributed by atoms with E-state index in [1.807, 2.05) is 0 Å². The van der Waals surface area contributed by atoms with E-state index < -0.39 is 22.1 Å². The fourth-order valence-electron chi connectivity index (χ4n) is 0.805. The molecule has 6 nitrogen and oxygen atoms in total. The molecular formula is C4H4LiNO5S. The summed E-state index contributed by atoms with van der Waals surface area (Å²) in [6.45, 7) is 0. The fraction of sp³-hybridized carbons (Fsp3) is 0.500. The van der Waals surface area contributed by atoms with E-state index in [0.717, 1.165) is 0 Å². The van der Waals surface area contributed by atoms with Gasteiger partial charge in [-0.05, 0) is 0 Å². The first-order chi connectivity index (χ1) is 4.93. The van der Waals surface area contributed by atoms with E-state index in [0.29, 0.717) is 0 Å².